The highest BCUT2D eigenvalue weighted by Crippen LogP contribution is 2.21. The molecule has 2 aromatic rings. The van der Waals surface area contributed by atoms with Crippen LogP contribution in [-0.2, 0) is 13.0 Å². The van der Waals surface area contributed by atoms with Crippen molar-refractivity contribution >= 4 is 11.0 Å². The molecular formula is C15H23N3. The summed E-state index contributed by atoms with van der Waals surface area (Å²) in [4.78, 5) is 4.76. The van der Waals surface area contributed by atoms with E-state index < -0.39 is 0 Å². The van der Waals surface area contributed by atoms with Crippen LogP contribution in [0.4, 0.5) is 0 Å². The Hall–Kier alpha value is -1.35. The smallest absolute Gasteiger partial charge is 0.110 e. The van der Waals surface area contributed by atoms with E-state index >= 15 is 0 Å². The number of nitrogens with two attached hydrogens (primary N) is 1. The average molecular weight is 245 g/mol. The summed E-state index contributed by atoms with van der Waals surface area (Å²) in [5.74, 6) is 2.29. The van der Waals surface area contributed by atoms with Crippen LogP contribution in [0.15, 0.2) is 24.3 Å². The zero-order chi connectivity index (χ0) is 13.1. The van der Waals surface area contributed by atoms with Gasteiger partial charge in [0.05, 0.1) is 11.0 Å². The summed E-state index contributed by atoms with van der Waals surface area (Å²) in [5, 5.41) is 0. The molecule has 0 saturated carbocycles. The molecule has 0 saturated heterocycles. The van der Waals surface area contributed by atoms with Crippen molar-refractivity contribution in [3.63, 3.8) is 0 Å². The summed E-state index contributed by atoms with van der Waals surface area (Å²) in [5.41, 5.74) is 8.08. The predicted molar refractivity (Wildman–Crippen MR) is 76.5 cm³/mol. The Morgan fingerprint density at radius 2 is 1.94 bits per heavy atom. The number of para-hydroxylation sites is 2. The Bertz CT molecular complexity index is 515. The molecule has 0 fully saturated rings. The van der Waals surface area contributed by atoms with Gasteiger partial charge in [0.15, 0.2) is 0 Å². The first-order chi connectivity index (χ1) is 8.67. The van der Waals surface area contributed by atoms with Crippen molar-refractivity contribution < 1.29 is 0 Å². The normalized spacial score (nSPS) is 14.9. The number of benzene rings is 1. The number of hydrogen-bond acceptors (Lipinski definition) is 2. The average Bonchev–Trinajstić information content (AvgIpc) is 2.74. The van der Waals surface area contributed by atoms with Crippen molar-refractivity contribution in [2.24, 2.45) is 17.6 Å². The minimum atomic E-state index is 0.537. The summed E-state index contributed by atoms with van der Waals surface area (Å²) in [6.07, 6.45) is 1.00. The summed E-state index contributed by atoms with van der Waals surface area (Å²) >= 11 is 0. The Labute approximate surface area is 109 Å². The number of hydrogen-bond donors (Lipinski definition) is 1. The van der Waals surface area contributed by atoms with E-state index in [0.29, 0.717) is 11.8 Å². The Kier molecular flexibility index (Phi) is 4.02. The van der Waals surface area contributed by atoms with E-state index in [-0.39, 0.29) is 0 Å². The van der Waals surface area contributed by atoms with E-state index in [1.165, 1.54) is 11.3 Å². The van der Waals surface area contributed by atoms with Crippen molar-refractivity contribution in [2.45, 2.75) is 33.7 Å². The molecule has 3 nitrogen and oxygen atoms in total. The predicted octanol–water partition coefficient (Wildman–Crippen LogP) is 2.83. The van der Waals surface area contributed by atoms with Gasteiger partial charge in [-0.15, -0.1) is 0 Å². The Morgan fingerprint density at radius 1 is 1.22 bits per heavy atom. The van der Waals surface area contributed by atoms with Crippen molar-refractivity contribution in [3.05, 3.63) is 30.1 Å². The molecule has 0 bridgehead atoms. The summed E-state index contributed by atoms with van der Waals surface area (Å²) < 4.78 is 2.31. The van der Waals surface area contributed by atoms with Gasteiger partial charge in [0, 0.05) is 13.0 Å². The second-order valence-electron chi connectivity index (χ2n) is 5.16. The zero-order valence-electron chi connectivity index (χ0n) is 11.6. The SMILES string of the molecule is CCn1c(CC(C)C(C)CN)nc2ccccc21. The molecule has 18 heavy (non-hydrogen) atoms. The third-order valence-corrected chi connectivity index (χ3v) is 3.90. The second-order valence-corrected chi connectivity index (χ2v) is 5.16. The third kappa shape index (κ3) is 2.41. The summed E-state index contributed by atoms with van der Waals surface area (Å²) in [6.45, 7) is 8.36. The number of nitrogens with zero attached hydrogens (tertiary/aromatic N) is 2. The van der Waals surface area contributed by atoms with Crippen LogP contribution in [0.5, 0.6) is 0 Å². The molecule has 2 atom stereocenters. The fourth-order valence-corrected chi connectivity index (χ4v) is 2.36. The molecule has 1 heterocycles. The fraction of sp³-hybridized carbons (Fsp3) is 0.533. The summed E-state index contributed by atoms with van der Waals surface area (Å²) in [6, 6.07) is 8.35. The van der Waals surface area contributed by atoms with Crippen LogP contribution < -0.4 is 5.73 Å². The number of aryl methyl sites for hydroxylation is 1. The van der Waals surface area contributed by atoms with Crippen LogP contribution in [-0.4, -0.2) is 16.1 Å². The van der Waals surface area contributed by atoms with Gasteiger partial charge >= 0.3 is 0 Å². The highest BCUT2D eigenvalue weighted by Gasteiger charge is 2.16. The lowest BCUT2D eigenvalue weighted by molar-refractivity contribution is 0.383. The molecule has 0 spiro atoms. The largest absolute Gasteiger partial charge is 0.330 e. The lowest BCUT2D eigenvalue weighted by Gasteiger charge is -2.18. The van der Waals surface area contributed by atoms with Crippen molar-refractivity contribution in [1.29, 1.82) is 0 Å². The molecule has 0 aliphatic heterocycles. The molecule has 0 aliphatic carbocycles. The van der Waals surface area contributed by atoms with Gasteiger partial charge < -0.3 is 10.3 Å². The van der Waals surface area contributed by atoms with E-state index in [2.05, 4.69) is 43.5 Å². The lowest BCUT2D eigenvalue weighted by Crippen LogP contribution is -2.21. The highest BCUT2D eigenvalue weighted by atomic mass is 15.1. The maximum atomic E-state index is 5.75. The van der Waals surface area contributed by atoms with Gasteiger partial charge in [-0.05, 0) is 37.4 Å². The quantitative estimate of drug-likeness (QED) is 0.880. The van der Waals surface area contributed by atoms with Gasteiger partial charge in [-0.25, -0.2) is 4.98 Å². The number of imidazole rings is 1. The van der Waals surface area contributed by atoms with Crippen LogP contribution >= 0.6 is 0 Å². The first-order valence-corrected chi connectivity index (χ1v) is 6.81. The lowest BCUT2D eigenvalue weighted by atomic mass is 9.93. The molecule has 0 amide bonds. The van der Waals surface area contributed by atoms with E-state index in [0.717, 1.165) is 25.0 Å². The minimum Gasteiger partial charge on any atom is -0.330 e. The van der Waals surface area contributed by atoms with E-state index in [1.54, 1.807) is 0 Å². The first kappa shape index (κ1) is 13.1. The standard InChI is InChI=1S/C15H23N3/c1-4-18-14-8-6-5-7-13(14)17-15(18)9-11(2)12(3)10-16/h5-8,11-12H,4,9-10,16H2,1-3H3. The van der Waals surface area contributed by atoms with Gasteiger partial charge in [-0.1, -0.05) is 26.0 Å². The topological polar surface area (TPSA) is 43.8 Å². The second kappa shape index (κ2) is 5.53. The molecule has 1 aromatic heterocycles. The first-order valence-electron chi connectivity index (χ1n) is 6.81. The zero-order valence-corrected chi connectivity index (χ0v) is 11.6. The molecular weight excluding hydrogens is 222 g/mol. The molecule has 3 heteroatoms. The number of rotatable bonds is 5. The van der Waals surface area contributed by atoms with Crippen molar-refractivity contribution in [2.75, 3.05) is 6.54 Å². The van der Waals surface area contributed by atoms with Gasteiger partial charge in [-0.3, -0.25) is 0 Å². The van der Waals surface area contributed by atoms with Gasteiger partial charge in [-0.2, -0.15) is 0 Å². The third-order valence-electron chi connectivity index (χ3n) is 3.90. The number of aromatic nitrogens is 2. The minimum absolute atomic E-state index is 0.537. The van der Waals surface area contributed by atoms with Crippen LogP contribution in [0.1, 0.15) is 26.6 Å². The van der Waals surface area contributed by atoms with Crippen LogP contribution in [0.2, 0.25) is 0 Å². The Balaban J connectivity index is 2.33. The van der Waals surface area contributed by atoms with Crippen LogP contribution in [0.25, 0.3) is 11.0 Å². The molecule has 1 aromatic carbocycles. The van der Waals surface area contributed by atoms with Crippen LogP contribution in [0.3, 0.4) is 0 Å². The van der Waals surface area contributed by atoms with Gasteiger partial charge in [0.1, 0.15) is 5.82 Å². The molecule has 0 radical (unpaired) electrons. The Morgan fingerprint density at radius 3 is 2.61 bits per heavy atom. The van der Waals surface area contributed by atoms with Gasteiger partial charge in [0.25, 0.3) is 0 Å². The molecule has 2 unspecified atom stereocenters. The van der Waals surface area contributed by atoms with Gasteiger partial charge in [0.2, 0.25) is 0 Å². The van der Waals surface area contributed by atoms with E-state index in [4.69, 9.17) is 10.7 Å². The van der Waals surface area contributed by atoms with E-state index in [1.807, 2.05) is 6.07 Å². The van der Waals surface area contributed by atoms with Crippen LogP contribution in [0, 0.1) is 11.8 Å². The molecule has 2 N–H and O–H groups in total. The monoisotopic (exact) mass is 245 g/mol. The number of fused-ring (bicyclic) bond motifs is 1. The highest BCUT2D eigenvalue weighted by molar-refractivity contribution is 5.75. The van der Waals surface area contributed by atoms with E-state index in [9.17, 15) is 0 Å². The molecule has 0 aliphatic rings. The molecule has 2 rings (SSSR count). The van der Waals surface area contributed by atoms with Crippen molar-refractivity contribution in [3.8, 4) is 0 Å². The fourth-order valence-electron chi connectivity index (χ4n) is 2.36. The maximum Gasteiger partial charge on any atom is 0.110 e. The summed E-state index contributed by atoms with van der Waals surface area (Å²) in [7, 11) is 0. The molecule has 98 valence electrons. The van der Waals surface area contributed by atoms with Crippen molar-refractivity contribution in [1.82, 2.24) is 9.55 Å². The maximum absolute atomic E-state index is 5.75.